The number of hydrogen-bond donors (Lipinski definition) is 1. The van der Waals surface area contributed by atoms with E-state index in [1.165, 1.54) is 13.8 Å². The SMILES string of the molecule is CC(=O)CNc1nc(Cl)nc(C)c1[N+](=O)[O-]. The van der Waals surface area contributed by atoms with Crippen LogP contribution in [0.5, 0.6) is 0 Å². The van der Waals surface area contributed by atoms with E-state index in [1.807, 2.05) is 0 Å². The standard InChI is InChI=1S/C8H9ClN4O3/c1-4(14)3-10-7-6(13(15)16)5(2)11-8(9)12-7/h3H2,1-2H3,(H,10,11,12). The first-order valence-corrected chi connectivity index (χ1v) is 4.71. The first kappa shape index (κ1) is 12.3. The van der Waals surface area contributed by atoms with Crippen molar-refractivity contribution < 1.29 is 9.72 Å². The van der Waals surface area contributed by atoms with Crippen molar-refractivity contribution in [3.05, 3.63) is 21.1 Å². The first-order valence-electron chi connectivity index (χ1n) is 4.33. The number of carbonyl (C=O) groups is 1. The molecule has 86 valence electrons. The summed E-state index contributed by atoms with van der Waals surface area (Å²) in [5.74, 6) is -0.209. The van der Waals surface area contributed by atoms with Crippen LogP contribution in [-0.4, -0.2) is 27.2 Å². The van der Waals surface area contributed by atoms with Gasteiger partial charge in [-0.2, -0.15) is 4.98 Å². The van der Waals surface area contributed by atoms with Crippen molar-refractivity contribution in [1.29, 1.82) is 0 Å². The Morgan fingerprint density at radius 1 is 1.56 bits per heavy atom. The van der Waals surface area contributed by atoms with E-state index in [0.717, 1.165) is 0 Å². The molecule has 1 aromatic rings. The lowest BCUT2D eigenvalue weighted by Gasteiger charge is -2.05. The number of Topliss-reactive ketones (excluding diaryl/α,β-unsaturated/α-hetero) is 1. The summed E-state index contributed by atoms with van der Waals surface area (Å²) >= 11 is 5.57. The summed E-state index contributed by atoms with van der Waals surface area (Å²) in [5, 5.41) is 13.2. The number of nitro groups is 1. The van der Waals surface area contributed by atoms with Crippen LogP contribution in [-0.2, 0) is 4.79 Å². The highest BCUT2D eigenvalue weighted by Crippen LogP contribution is 2.26. The summed E-state index contributed by atoms with van der Waals surface area (Å²) in [5.41, 5.74) is -0.123. The zero-order valence-electron chi connectivity index (χ0n) is 8.65. The van der Waals surface area contributed by atoms with Crippen LogP contribution in [0.25, 0.3) is 0 Å². The predicted octanol–water partition coefficient (Wildman–Crippen LogP) is 1.35. The highest BCUT2D eigenvalue weighted by molar-refractivity contribution is 6.28. The third-order valence-corrected chi connectivity index (χ3v) is 1.89. The quantitative estimate of drug-likeness (QED) is 0.488. The van der Waals surface area contributed by atoms with E-state index >= 15 is 0 Å². The van der Waals surface area contributed by atoms with Crippen molar-refractivity contribution in [2.75, 3.05) is 11.9 Å². The molecule has 0 atom stereocenters. The molecule has 0 spiro atoms. The molecule has 0 aliphatic heterocycles. The maximum Gasteiger partial charge on any atom is 0.332 e. The average molecular weight is 245 g/mol. The molecular formula is C8H9ClN4O3. The fraction of sp³-hybridized carbons (Fsp3) is 0.375. The lowest BCUT2D eigenvalue weighted by Crippen LogP contribution is -2.13. The van der Waals surface area contributed by atoms with Crippen LogP contribution in [0.2, 0.25) is 5.28 Å². The summed E-state index contributed by atoms with van der Waals surface area (Å²) in [6.07, 6.45) is 0. The summed E-state index contributed by atoms with van der Waals surface area (Å²) in [6.45, 7) is 2.76. The molecule has 0 fully saturated rings. The Kier molecular flexibility index (Phi) is 3.73. The number of hydrogen-bond acceptors (Lipinski definition) is 6. The molecule has 0 saturated heterocycles. The Labute approximate surface area is 96.0 Å². The third kappa shape index (κ3) is 2.86. The Hall–Kier alpha value is -1.76. The third-order valence-electron chi connectivity index (χ3n) is 1.72. The van der Waals surface area contributed by atoms with Crippen molar-refractivity contribution in [2.24, 2.45) is 0 Å². The van der Waals surface area contributed by atoms with E-state index in [2.05, 4.69) is 15.3 Å². The van der Waals surface area contributed by atoms with Gasteiger partial charge < -0.3 is 5.32 Å². The maximum absolute atomic E-state index is 10.8. The minimum absolute atomic E-state index is 0.0438. The molecule has 0 bridgehead atoms. The van der Waals surface area contributed by atoms with E-state index in [4.69, 9.17) is 11.6 Å². The molecule has 1 heterocycles. The number of anilines is 1. The molecule has 1 aromatic heterocycles. The van der Waals surface area contributed by atoms with Crippen molar-refractivity contribution in [3.8, 4) is 0 Å². The number of ketones is 1. The normalized spacial score (nSPS) is 9.94. The Morgan fingerprint density at radius 3 is 2.69 bits per heavy atom. The fourth-order valence-corrected chi connectivity index (χ4v) is 1.29. The Morgan fingerprint density at radius 2 is 2.19 bits per heavy atom. The lowest BCUT2D eigenvalue weighted by molar-refractivity contribution is -0.385. The van der Waals surface area contributed by atoms with E-state index in [1.54, 1.807) is 0 Å². The summed E-state index contributed by atoms with van der Waals surface area (Å²) < 4.78 is 0. The van der Waals surface area contributed by atoms with Crippen LogP contribution in [0.4, 0.5) is 11.5 Å². The van der Waals surface area contributed by atoms with Crippen LogP contribution in [0.3, 0.4) is 0 Å². The van der Waals surface area contributed by atoms with Gasteiger partial charge in [-0.1, -0.05) is 0 Å². The van der Waals surface area contributed by atoms with E-state index < -0.39 is 4.92 Å². The molecule has 7 nitrogen and oxygen atoms in total. The molecule has 1 N–H and O–H groups in total. The van der Waals surface area contributed by atoms with Gasteiger partial charge in [0.05, 0.1) is 11.5 Å². The van der Waals surface area contributed by atoms with Crippen LogP contribution >= 0.6 is 11.6 Å². The van der Waals surface area contributed by atoms with Gasteiger partial charge in [0.15, 0.2) is 0 Å². The Bertz CT molecular complexity index is 449. The fourth-order valence-electron chi connectivity index (χ4n) is 1.08. The van der Waals surface area contributed by atoms with Gasteiger partial charge in [0.1, 0.15) is 11.5 Å². The van der Waals surface area contributed by atoms with Gasteiger partial charge in [-0.3, -0.25) is 14.9 Å². The number of rotatable bonds is 4. The van der Waals surface area contributed by atoms with E-state index in [0.29, 0.717) is 0 Å². The number of nitrogens with one attached hydrogen (secondary N) is 1. The topological polar surface area (TPSA) is 98.0 Å². The van der Waals surface area contributed by atoms with Gasteiger partial charge in [-0.05, 0) is 25.4 Å². The molecule has 0 aromatic carbocycles. The van der Waals surface area contributed by atoms with Crippen LogP contribution < -0.4 is 5.32 Å². The molecule has 0 aliphatic carbocycles. The van der Waals surface area contributed by atoms with Crippen molar-refractivity contribution in [1.82, 2.24) is 9.97 Å². The second-order valence-electron chi connectivity index (χ2n) is 3.09. The molecule has 0 amide bonds. The van der Waals surface area contributed by atoms with Gasteiger partial charge >= 0.3 is 5.69 Å². The molecule has 0 saturated carbocycles. The Balaban J connectivity index is 3.13. The van der Waals surface area contributed by atoms with Crippen molar-refractivity contribution >= 4 is 28.9 Å². The van der Waals surface area contributed by atoms with Gasteiger partial charge in [-0.25, -0.2) is 4.98 Å². The number of halogens is 1. The van der Waals surface area contributed by atoms with Crippen molar-refractivity contribution in [3.63, 3.8) is 0 Å². The highest BCUT2D eigenvalue weighted by Gasteiger charge is 2.21. The summed E-state index contributed by atoms with van der Waals surface area (Å²) in [6, 6.07) is 0. The van der Waals surface area contributed by atoms with Gasteiger partial charge in [0.25, 0.3) is 0 Å². The number of aryl methyl sites for hydroxylation is 1. The minimum atomic E-state index is -0.617. The largest absolute Gasteiger partial charge is 0.357 e. The van der Waals surface area contributed by atoms with Crippen LogP contribution in [0.1, 0.15) is 12.6 Å². The van der Waals surface area contributed by atoms with Gasteiger partial charge in [0.2, 0.25) is 11.1 Å². The van der Waals surface area contributed by atoms with Gasteiger partial charge in [-0.15, -0.1) is 0 Å². The average Bonchev–Trinajstić information content (AvgIpc) is 2.12. The lowest BCUT2D eigenvalue weighted by atomic mass is 10.3. The smallest absolute Gasteiger partial charge is 0.332 e. The second kappa shape index (κ2) is 4.84. The van der Waals surface area contributed by atoms with E-state index in [-0.39, 0.29) is 34.8 Å². The number of carbonyl (C=O) groups excluding carboxylic acids is 1. The summed E-state index contributed by atoms with van der Waals surface area (Å²) in [4.78, 5) is 28.2. The highest BCUT2D eigenvalue weighted by atomic mass is 35.5. The molecule has 0 aliphatic rings. The molecule has 1 rings (SSSR count). The second-order valence-corrected chi connectivity index (χ2v) is 3.43. The number of nitrogens with zero attached hydrogens (tertiary/aromatic N) is 3. The van der Waals surface area contributed by atoms with Crippen LogP contribution in [0, 0.1) is 17.0 Å². The van der Waals surface area contributed by atoms with E-state index in [9.17, 15) is 14.9 Å². The predicted molar refractivity (Wildman–Crippen MR) is 57.6 cm³/mol. The van der Waals surface area contributed by atoms with Crippen molar-refractivity contribution in [2.45, 2.75) is 13.8 Å². The zero-order valence-corrected chi connectivity index (χ0v) is 9.41. The molecule has 8 heteroatoms. The minimum Gasteiger partial charge on any atom is -0.357 e. The maximum atomic E-state index is 10.8. The zero-order chi connectivity index (χ0) is 12.3. The number of aromatic nitrogens is 2. The molecule has 16 heavy (non-hydrogen) atoms. The monoisotopic (exact) mass is 244 g/mol. The first-order chi connectivity index (χ1) is 7.41. The summed E-state index contributed by atoms with van der Waals surface area (Å²) in [7, 11) is 0. The molecular weight excluding hydrogens is 236 g/mol. The molecule has 0 unspecified atom stereocenters. The van der Waals surface area contributed by atoms with Gasteiger partial charge in [0, 0.05) is 0 Å². The molecule has 0 radical (unpaired) electrons. The van der Waals surface area contributed by atoms with Crippen LogP contribution in [0.15, 0.2) is 0 Å².